The standard InChI is InChI=1S/C13H28N2O2/c1-5-7-12(10-17-4)15-13(16)8-6-9-14-11(2)3/h11-12,14H,5-10H2,1-4H3,(H,15,16). The molecule has 0 heterocycles. The van der Waals surface area contributed by atoms with Gasteiger partial charge in [0, 0.05) is 19.6 Å². The molecule has 4 nitrogen and oxygen atoms in total. The highest BCUT2D eigenvalue weighted by molar-refractivity contribution is 5.76. The van der Waals surface area contributed by atoms with Gasteiger partial charge in [-0.1, -0.05) is 27.2 Å². The largest absolute Gasteiger partial charge is 0.383 e. The fourth-order valence-corrected chi connectivity index (χ4v) is 1.69. The van der Waals surface area contributed by atoms with Crippen LogP contribution in [-0.4, -0.2) is 38.3 Å². The fraction of sp³-hybridized carbons (Fsp3) is 0.923. The summed E-state index contributed by atoms with van der Waals surface area (Å²) in [5.41, 5.74) is 0. The van der Waals surface area contributed by atoms with Crippen molar-refractivity contribution in [3.8, 4) is 0 Å². The molecule has 17 heavy (non-hydrogen) atoms. The number of carbonyl (C=O) groups excluding carboxylic acids is 1. The van der Waals surface area contributed by atoms with Crippen molar-refractivity contribution < 1.29 is 9.53 Å². The quantitative estimate of drug-likeness (QED) is 0.575. The SMILES string of the molecule is CCCC(COC)NC(=O)CCCNC(C)C. The van der Waals surface area contributed by atoms with E-state index in [2.05, 4.69) is 31.4 Å². The minimum atomic E-state index is 0.131. The number of hydrogen-bond acceptors (Lipinski definition) is 3. The molecule has 1 amide bonds. The van der Waals surface area contributed by atoms with Gasteiger partial charge in [0.2, 0.25) is 5.91 Å². The van der Waals surface area contributed by atoms with Crippen molar-refractivity contribution in [2.75, 3.05) is 20.3 Å². The van der Waals surface area contributed by atoms with Crippen LogP contribution in [0.1, 0.15) is 46.5 Å². The van der Waals surface area contributed by atoms with Crippen LogP contribution in [0.15, 0.2) is 0 Å². The molecule has 0 aromatic rings. The Hall–Kier alpha value is -0.610. The second kappa shape index (κ2) is 10.5. The van der Waals surface area contributed by atoms with E-state index in [-0.39, 0.29) is 11.9 Å². The Kier molecular flexibility index (Phi) is 10.2. The third-order valence-electron chi connectivity index (χ3n) is 2.50. The highest BCUT2D eigenvalue weighted by Crippen LogP contribution is 1.98. The summed E-state index contributed by atoms with van der Waals surface area (Å²) in [5.74, 6) is 0.131. The smallest absolute Gasteiger partial charge is 0.220 e. The van der Waals surface area contributed by atoms with Crippen LogP contribution in [0.2, 0.25) is 0 Å². The maximum atomic E-state index is 11.7. The van der Waals surface area contributed by atoms with Crippen molar-refractivity contribution in [3.63, 3.8) is 0 Å². The Morgan fingerprint density at radius 3 is 2.59 bits per heavy atom. The molecule has 2 N–H and O–H groups in total. The Bertz CT molecular complexity index is 190. The Labute approximate surface area is 105 Å². The molecule has 0 aliphatic heterocycles. The molecule has 0 bridgehead atoms. The van der Waals surface area contributed by atoms with Crippen molar-refractivity contribution >= 4 is 5.91 Å². The third kappa shape index (κ3) is 10.3. The van der Waals surface area contributed by atoms with Gasteiger partial charge >= 0.3 is 0 Å². The van der Waals surface area contributed by atoms with E-state index in [1.54, 1.807) is 7.11 Å². The zero-order chi connectivity index (χ0) is 13.1. The summed E-state index contributed by atoms with van der Waals surface area (Å²) in [6, 6.07) is 0.648. The second-order valence-electron chi connectivity index (χ2n) is 4.72. The van der Waals surface area contributed by atoms with Gasteiger partial charge in [-0.25, -0.2) is 0 Å². The van der Waals surface area contributed by atoms with E-state index in [4.69, 9.17) is 4.74 Å². The molecule has 0 saturated heterocycles. The monoisotopic (exact) mass is 244 g/mol. The maximum Gasteiger partial charge on any atom is 0.220 e. The summed E-state index contributed by atoms with van der Waals surface area (Å²) in [4.78, 5) is 11.7. The molecule has 4 heteroatoms. The molecule has 0 radical (unpaired) electrons. The molecule has 0 saturated carbocycles. The lowest BCUT2D eigenvalue weighted by molar-refractivity contribution is -0.122. The van der Waals surface area contributed by atoms with Crippen molar-refractivity contribution in [1.29, 1.82) is 0 Å². The molecule has 1 unspecified atom stereocenters. The van der Waals surface area contributed by atoms with Gasteiger partial charge in [0.15, 0.2) is 0 Å². The molecule has 102 valence electrons. The first kappa shape index (κ1) is 16.4. The zero-order valence-corrected chi connectivity index (χ0v) is 11.7. The van der Waals surface area contributed by atoms with Gasteiger partial charge in [-0.15, -0.1) is 0 Å². The molecule has 0 aliphatic rings. The predicted molar refractivity (Wildman–Crippen MR) is 71.1 cm³/mol. The van der Waals surface area contributed by atoms with Gasteiger partial charge in [0.1, 0.15) is 0 Å². The third-order valence-corrected chi connectivity index (χ3v) is 2.50. The molecule has 0 aromatic carbocycles. The van der Waals surface area contributed by atoms with Gasteiger partial charge < -0.3 is 15.4 Å². The molecule has 1 atom stereocenters. The van der Waals surface area contributed by atoms with Crippen molar-refractivity contribution in [1.82, 2.24) is 10.6 Å². The Balaban J connectivity index is 3.66. The average Bonchev–Trinajstić information content (AvgIpc) is 2.25. The summed E-state index contributed by atoms with van der Waals surface area (Å²) >= 11 is 0. The summed E-state index contributed by atoms with van der Waals surface area (Å²) in [6.45, 7) is 7.82. The van der Waals surface area contributed by atoms with Crippen LogP contribution in [0.3, 0.4) is 0 Å². The zero-order valence-electron chi connectivity index (χ0n) is 11.7. The predicted octanol–water partition coefficient (Wildman–Crippen LogP) is 1.70. The van der Waals surface area contributed by atoms with Crippen LogP contribution in [0.5, 0.6) is 0 Å². The second-order valence-corrected chi connectivity index (χ2v) is 4.72. The van der Waals surface area contributed by atoms with E-state index in [0.29, 0.717) is 19.1 Å². The van der Waals surface area contributed by atoms with Crippen molar-refractivity contribution in [2.24, 2.45) is 0 Å². The van der Waals surface area contributed by atoms with Crippen LogP contribution in [0, 0.1) is 0 Å². The summed E-state index contributed by atoms with van der Waals surface area (Å²) in [6.07, 6.45) is 3.51. The molecule has 0 aliphatic carbocycles. The van der Waals surface area contributed by atoms with Crippen LogP contribution < -0.4 is 10.6 Å². The lowest BCUT2D eigenvalue weighted by Crippen LogP contribution is -2.38. The van der Waals surface area contributed by atoms with Crippen molar-refractivity contribution in [3.05, 3.63) is 0 Å². The number of ether oxygens (including phenoxy) is 1. The average molecular weight is 244 g/mol. The molecule has 0 rings (SSSR count). The Morgan fingerprint density at radius 2 is 2.06 bits per heavy atom. The van der Waals surface area contributed by atoms with E-state index in [9.17, 15) is 4.79 Å². The minimum Gasteiger partial charge on any atom is -0.383 e. The molecule has 0 aromatic heterocycles. The summed E-state index contributed by atoms with van der Waals surface area (Å²) < 4.78 is 5.09. The fourth-order valence-electron chi connectivity index (χ4n) is 1.69. The van der Waals surface area contributed by atoms with E-state index < -0.39 is 0 Å². The van der Waals surface area contributed by atoms with Crippen LogP contribution in [0.4, 0.5) is 0 Å². The highest BCUT2D eigenvalue weighted by Gasteiger charge is 2.10. The van der Waals surface area contributed by atoms with Gasteiger partial charge in [0.05, 0.1) is 12.6 Å². The van der Waals surface area contributed by atoms with Gasteiger partial charge in [-0.3, -0.25) is 4.79 Å². The number of amides is 1. The van der Waals surface area contributed by atoms with Gasteiger partial charge in [0.25, 0.3) is 0 Å². The van der Waals surface area contributed by atoms with E-state index in [0.717, 1.165) is 25.8 Å². The highest BCUT2D eigenvalue weighted by atomic mass is 16.5. The summed E-state index contributed by atoms with van der Waals surface area (Å²) in [7, 11) is 1.67. The number of methoxy groups -OCH3 is 1. The first-order valence-electron chi connectivity index (χ1n) is 6.61. The van der Waals surface area contributed by atoms with E-state index in [1.165, 1.54) is 0 Å². The number of carbonyl (C=O) groups is 1. The first-order chi connectivity index (χ1) is 8.10. The Morgan fingerprint density at radius 1 is 1.35 bits per heavy atom. The number of nitrogens with one attached hydrogen (secondary N) is 2. The maximum absolute atomic E-state index is 11.7. The molecule has 0 spiro atoms. The normalized spacial score (nSPS) is 12.8. The van der Waals surface area contributed by atoms with Gasteiger partial charge in [-0.2, -0.15) is 0 Å². The topological polar surface area (TPSA) is 50.4 Å². The lowest BCUT2D eigenvalue weighted by atomic mass is 10.1. The van der Waals surface area contributed by atoms with Crippen molar-refractivity contribution in [2.45, 2.75) is 58.5 Å². The lowest BCUT2D eigenvalue weighted by Gasteiger charge is -2.17. The van der Waals surface area contributed by atoms with Crippen LogP contribution in [0.25, 0.3) is 0 Å². The van der Waals surface area contributed by atoms with Crippen LogP contribution >= 0.6 is 0 Å². The molecular formula is C13H28N2O2. The van der Waals surface area contributed by atoms with Gasteiger partial charge in [-0.05, 0) is 19.4 Å². The van der Waals surface area contributed by atoms with E-state index in [1.807, 2.05) is 0 Å². The molecular weight excluding hydrogens is 216 g/mol. The number of rotatable bonds is 10. The minimum absolute atomic E-state index is 0.131. The molecule has 0 fully saturated rings. The first-order valence-corrected chi connectivity index (χ1v) is 6.61. The number of hydrogen-bond donors (Lipinski definition) is 2. The van der Waals surface area contributed by atoms with E-state index >= 15 is 0 Å². The van der Waals surface area contributed by atoms with Crippen LogP contribution in [-0.2, 0) is 9.53 Å². The summed E-state index contributed by atoms with van der Waals surface area (Å²) in [5, 5.41) is 6.32.